The second-order valence-corrected chi connectivity index (χ2v) is 3.36. The van der Waals surface area contributed by atoms with Gasteiger partial charge >= 0.3 is 0 Å². The Morgan fingerprint density at radius 3 is 2.83 bits per heavy atom. The lowest BCUT2D eigenvalue weighted by atomic mass is 10.2. The third-order valence-electron chi connectivity index (χ3n) is 1.28. The molecule has 2 N–H and O–H groups in total. The van der Waals surface area contributed by atoms with Crippen molar-refractivity contribution in [2.24, 2.45) is 5.73 Å². The first-order valence-corrected chi connectivity index (χ1v) is 4.55. The number of halogens is 2. The van der Waals surface area contributed by atoms with Crippen LogP contribution >= 0.6 is 27.5 Å². The predicted molar refractivity (Wildman–Crippen MR) is 55.1 cm³/mol. The van der Waals surface area contributed by atoms with Gasteiger partial charge in [-0.25, -0.2) is 0 Å². The van der Waals surface area contributed by atoms with E-state index in [0.29, 0.717) is 11.6 Å². The van der Waals surface area contributed by atoms with Crippen LogP contribution in [0.15, 0.2) is 22.7 Å². The Hall–Kier alpha value is -0.490. The molecule has 0 aliphatic rings. The molecule has 0 heterocycles. The van der Waals surface area contributed by atoms with Gasteiger partial charge in [0.25, 0.3) is 0 Å². The lowest BCUT2D eigenvalue weighted by Crippen LogP contribution is -1.93. The third kappa shape index (κ3) is 2.25. The quantitative estimate of drug-likeness (QED) is 0.697. The van der Waals surface area contributed by atoms with Crippen molar-refractivity contribution in [1.29, 1.82) is 0 Å². The van der Waals surface area contributed by atoms with E-state index in [1.165, 1.54) is 0 Å². The molecule has 0 amide bonds. The standard InChI is InChI=1S/C9H7BrClN/c10-8-4-1-5-9(11)7(8)3-2-6-12/h1,4-5H,6,12H2. The van der Waals surface area contributed by atoms with E-state index in [9.17, 15) is 0 Å². The van der Waals surface area contributed by atoms with E-state index in [1.807, 2.05) is 12.1 Å². The van der Waals surface area contributed by atoms with Gasteiger partial charge in [0.1, 0.15) is 0 Å². The Balaban J connectivity index is 3.13. The molecular formula is C9H7BrClN. The van der Waals surface area contributed by atoms with Crippen molar-refractivity contribution in [3.63, 3.8) is 0 Å². The van der Waals surface area contributed by atoms with Gasteiger partial charge in [0.15, 0.2) is 0 Å². The molecule has 0 atom stereocenters. The van der Waals surface area contributed by atoms with E-state index in [-0.39, 0.29) is 0 Å². The highest BCUT2D eigenvalue weighted by Gasteiger charge is 1.99. The largest absolute Gasteiger partial charge is 0.320 e. The van der Waals surface area contributed by atoms with Crippen LogP contribution in [-0.2, 0) is 0 Å². The molecule has 0 radical (unpaired) electrons. The molecule has 62 valence electrons. The van der Waals surface area contributed by atoms with Crippen LogP contribution in [0.4, 0.5) is 0 Å². The fourth-order valence-electron chi connectivity index (χ4n) is 0.757. The molecule has 0 aromatic heterocycles. The fraction of sp³-hybridized carbons (Fsp3) is 0.111. The van der Waals surface area contributed by atoms with E-state index >= 15 is 0 Å². The summed E-state index contributed by atoms with van der Waals surface area (Å²) in [5, 5.41) is 0.644. The van der Waals surface area contributed by atoms with Crippen LogP contribution in [0.5, 0.6) is 0 Å². The SMILES string of the molecule is NCC#Cc1c(Cl)cccc1Br. The minimum Gasteiger partial charge on any atom is -0.320 e. The van der Waals surface area contributed by atoms with Gasteiger partial charge in [-0.05, 0) is 28.1 Å². The molecule has 1 rings (SSSR count). The van der Waals surface area contributed by atoms with Crippen molar-refractivity contribution >= 4 is 27.5 Å². The molecule has 0 saturated heterocycles. The Bertz CT molecular complexity index is 318. The lowest BCUT2D eigenvalue weighted by Gasteiger charge is -1.97. The van der Waals surface area contributed by atoms with Gasteiger partial charge in [-0.3, -0.25) is 0 Å². The monoisotopic (exact) mass is 243 g/mol. The van der Waals surface area contributed by atoms with Crippen LogP contribution in [0.1, 0.15) is 5.56 Å². The Morgan fingerprint density at radius 2 is 2.25 bits per heavy atom. The van der Waals surface area contributed by atoms with Crippen molar-refractivity contribution < 1.29 is 0 Å². The maximum atomic E-state index is 5.89. The molecule has 1 aromatic carbocycles. The molecule has 0 saturated carbocycles. The first-order valence-electron chi connectivity index (χ1n) is 3.38. The Kier molecular flexibility index (Phi) is 3.61. The molecular weight excluding hydrogens is 237 g/mol. The van der Waals surface area contributed by atoms with E-state index in [2.05, 4.69) is 27.8 Å². The van der Waals surface area contributed by atoms with Crippen molar-refractivity contribution in [1.82, 2.24) is 0 Å². The zero-order chi connectivity index (χ0) is 8.97. The molecule has 1 nitrogen and oxygen atoms in total. The van der Waals surface area contributed by atoms with Crippen molar-refractivity contribution in [3.05, 3.63) is 33.3 Å². The zero-order valence-corrected chi connectivity index (χ0v) is 8.61. The maximum Gasteiger partial charge on any atom is 0.0574 e. The summed E-state index contributed by atoms with van der Waals surface area (Å²) < 4.78 is 0.899. The van der Waals surface area contributed by atoms with Gasteiger partial charge in [-0.2, -0.15) is 0 Å². The van der Waals surface area contributed by atoms with Crippen LogP contribution in [0.3, 0.4) is 0 Å². The smallest absolute Gasteiger partial charge is 0.0574 e. The molecule has 12 heavy (non-hydrogen) atoms. The minimum atomic E-state index is 0.345. The number of hydrogen-bond acceptors (Lipinski definition) is 1. The number of benzene rings is 1. The van der Waals surface area contributed by atoms with Crippen molar-refractivity contribution in [2.75, 3.05) is 6.54 Å². The molecule has 3 heteroatoms. The van der Waals surface area contributed by atoms with E-state index in [0.717, 1.165) is 10.0 Å². The first-order chi connectivity index (χ1) is 5.75. The summed E-state index contributed by atoms with van der Waals surface area (Å²) >= 11 is 9.24. The highest BCUT2D eigenvalue weighted by atomic mass is 79.9. The first kappa shape index (κ1) is 9.60. The molecule has 0 bridgehead atoms. The number of rotatable bonds is 0. The molecule has 0 spiro atoms. The summed E-state index contributed by atoms with van der Waals surface area (Å²) in [6, 6.07) is 5.55. The Labute approximate surface area is 85.0 Å². The second-order valence-electron chi connectivity index (χ2n) is 2.10. The lowest BCUT2D eigenvalue weighted by molar-refractivity contribution is 1.30. The van der Waals surface area contributed by atoms with Gasteiger partial charge in [-0.1, -0.05) is 29.5 Å². The van der Waals surface area contributed by atoms with Crippen LogP contribution in [0, 0.1) is 11.8 Å². The fourth-order valence-corrected chi connectivity index (χ4v) is 1.56. The summed E-state index contributed by atoms with van der Waals surface area (Å²) in [5.74, 6) is 5.64. The third-order valence-corrected chi connectivity index (χ3v) is 2.25. The van der Waals surface area contributed by atoms with Crippen LogP contribution in [-0.4, -0.2) is 6.54 Å². The summed E-state index contributed by atoms with van der Waals surface area (Å²) in [6.45, 7) is 0.345. The van der Waals surface area contributed by atoms with Crippen molar-refractivity contribution in [3.8, 4) is 11.8 Å². The van der Waals surface area contributed by atoms with Gasteiger partial charge in [0.2, 0.25) is 0 Å². The Morgan fingerprint density at radius 1 is 1.50 bits per heavy atom. The number of hydrogen-bond donors (Lipinski definition) is 1. The average Bonchev–Trinajstić information content (AvgIpc) is 2.04. The summed E-state index contributed by atoms with van der Waals surface area (Å²) in [4.78, 5) is 0. The van der Waals surface area contributed by atoms with Crippen LogP contribution in [0.2, 0.25) is 5.02 Å². The predicted octanol–water partition coefficient (Wildman–Crippen LogP) is 2.41. The molecule has 0 fully saturated rings. The minimum absolute atomic E-state index is 0.345. The molecule has 0 aliphatic heterocycles. The van der Waals surface area contributed by atoms with E-state index in [1.54, 1.807) is 6.07 Å². The topological polar surface area (TPSA) is 26.0 Å². The van der Waals surface area contributed by atoms with Crippen LogP contribution < -0.4 is 5.73 Å². The molecule has 0 unspecified atom stereocenters. The highest BCUT2D eigenvalue weighted by molar-refractivity contribution is 9.10. The van der Waals surface area contributed by atoms with E-state index in [4.69, 9.17) is 17.3 Å². The zero-order valence-electron chi connectivity index (χ0n) is 6.27. The van der Waals surface area contributed by atoms with Crippen molar-refractivity contribution in [2.45, 2.75) is 0 Å². The van der Waals surface area contributed by atoms with E-state index < -0.39 is 0 Å². The molecule has 0 aliphatic carbocycles. The van der Waals surface area contributed by atoms with Gasteiger partial charge in [-0.15, -0.1) is 0 Å². The average molecular weight is 245 g/mol. The number of nitrogens with two attached hydrogens (primary N) is 1. The molecule has 1 aromatic rings. The van der Waals surface area contributed by atoms with Gasteiger partial charge in [0.05, 0.1) is 17.1 Å². The summed E-state index contributed by atoms with van der Waals surface area (Å²) in [6.07, 6.45) is 0. The second kappa shape index (κ2) is 4.51. The highest BCUT2D eigenvalue weighted by Crippen LogP contribution is 2.23. The summed E-state index contributed by atoms with van der Waals surface area (Å²) in [5.41, 5.74) is 6.04. The normalized spacial score (nSPS) is 8.92. The summed E-state index contributed by atoms with van der Waals surface area (Å²) in [7, 11) is 0. The van der Waals surface area contributed by atoms with Crippen LogP contribution in [0.25, 0.3) is 0 Å². The maximum absolute atomic E-state index is 5.89. The van der Waals surface area contributed by atoms with Gasteiger partial charge < -0.3 is 5.73 Å². The van der Waals surface area contributed by atoms with Gasteiger partial charge in [0, 0.05) is 4.47 Å².